The first-order valence-corrected chi connectivity index (χ1v) is 7.33. The van der Waals surface area contributed by atoms with Crippen molar-refractivity contribution in [1.82, 2.24) is 0 Å². The van der Waals surface area contributed by atoms with Gasteiger partial charge in [0.05, 0.1) is 0 Å². The fourth-order valence-corrected chi connectivity index (χ4v) is 2.63. The molecule has 72 valence electrons. The third kappa shape index (κ3) is 6.33. The maximum Gasteiger partial charge on any atom is 1.00 e. The first-order valence-electron chi connectivity index (χ1n) is 3.97. The van der Waals surface area contributed by atoms with Gasteiger partial charge >= 0.3 is 37.7 Å². The number of rotatable bonds is 4. The van der Waals surface area contributed by atoms with Crippen LogP contribution in [0.5, 0.6) is 0 Å². The van der Waals surface area contributed by atoms with E-state index in [2.05, 4.69) is 0 Å². The van der Waals surface area contributed by atoms with Crippen molar-refractivity contribution in [2.45, 2.75) is 6.16 Å². The number of hydrogen-bond donors (Lipinski definition) is 0. The molecular formula is C9H11Li2O2PS. The van der Waals surface area contributed by atoms with Crippen molar-refractivity contribution in [3.63, 3.8) is 0 Å². The number of hydrogen-bond acceptors (Lipinski definition) is 3. The second-order valence-electron chi connectivity index (χ2n) is 2.96. The molecule has 0 heterocycles. The maximum absolute atomic E-state index is 10.7. The van der Waals surface area contributed by atoms with Gasteiger partial charge in [0.2, 0.25) is 0 Å². The Morgan fingerprint density at radius 2 is 1.47 bits per heavy atom. The molecule has 0 aliphatic heterocycles. The second-order valence-corrected chi connectivity index (χ2v) is 8.23. The van der Waals surface area contributed by atoms with Gasteiger partial charge in [0.1, 0.15) is 0 Å². The molecule has 0 aliphatic carbocycles. The molecule has 0 fully saturated rings. The van der Waals surface area contributed by atoms with Crippen LogP contribution in [0.15, 0.2) is 30.3 Å². The molecule has 0 N–H and O–H groups in total. The van der Waals surface area contributed by atoms with Gasteiger partial charge in [-0.2, -0.15) is 0 Å². The third-order valence-electron chi connectivity index (χ3n) is 1.78. The molecule has 0 atom stereocenters. The summed E-state index contributed by atoms with van der Waals surface area (Å²) in [4.78, 5) is 0. The Labute approximate surface area is 120 Å². The van der Waals surface area contributed by atoms with E-state index in [1.165, 1.54) is 0 Å². The van der Waals surface area contributed by atoms with E-state index in [9.17, 15) is 10.2 Å². The monoisotopic (exact) mass is 228 g/mol. The van der Waals surface area contributed by atoms with Gasteiger partial charge in [-0.1, -0.05) is 48.2 Å². The molecule has 0 bridgehead atoms. The molecule has 0 spiro atoms. The van der Waals surface area contributed by atoms with Crippen LogP contribution in [0.25, 0.3) is 0 Å². The van der Waals surface area contributed by atoms with Crippen molar-refractivity contribution in [2.75, 3.05) is 12.7 Å². The number of benzene rings is 1. The topological polar surface area (TPSA) is 46.1 Å². The third-order valence-corrected chi connectivity index (χ3v) is 4.69. The summed E-state index contributed by atoms with van der Waals surface area (Å²) >= 11 is 5.07. The van der Waals surface area contributed by atoms with Gasteiger partial charge < -0.3 is 10.2 Å². The standard InChI is InChI=1S/C9H11O2PS.2Li/c10-7-12(13,8-11)6-9-4-2-1-3-5-9;;/h1-5H,6-8H2;;/q-2;2*+1. The van der Waals surface area contributed by atoms with Crippen molar-refractivity contribution in [3.05, 3.63) is 35.9 Å². The van der Waals surface area contributed by atoms with Crippen molar-refractivity contribution in [2.24, 2.45) is 0 Å². The summed E-state index contributed by atoms with van der Waals surface area (Å²) < 4.78 is 0. The molecule has 0 amide bonds. The quantitative estimate of drug-likeness (QED) is 0.381. The summed E-state index contributed by atoms with van der Waals surface area (Å²) in [6.07, 6.45) is -0.238. The summed E-state index contributed by atoms with van der Waals surface area (Å²) in [5.41, 5.74) is 1.01. The molecule has 1 aromatic carbocycles. The van der Waals surface area contributed by atoms with Gasteiger partial charge in [0.15, 0.2) is 0 Å². The van der Waals surface area contributed by atoms with Crippen LogP contribution < -0.4 is 47.9 Å². The van der Waals surface area contributed by atoms with Gasteiger partial charge in [-0.05, 0) is 11.7 Å². The molecule has 0 radical (unpaired) electrons. The van der Waals surface area contributed by atoms with Crippen molar-refractivity contribution >= 4 is 17.8 Å². The molecule has 15 heavy (non-hydrogen) atoms. The van der Waals surface area contributed by atoms with Crippen molar-refractivity contribution in [1.29, 1.82) is 0 Å². The van der Waals surface area contributed by atoms with Crippen molar-refractivity contribution < 1.29 is 47.9 Å². The van der Waals surface area contributed by atoms with Gasteiger partial charge in [-0.3, -0.25) is 0 Å². The second kappa shape index (κ2) is 9.06. The molecule has 0 aliphatic rings. The van der Waals surface area contributed by atoms with E-state index >= 15 is 0 Å². The zero-order valence-electron chi connectivity index (χ0n) is 9.18. The Morgan fingerprint density at radius 1 is 1.00 bits per heavy atom. The van der Waals surface area contributed by atoms with Crippen LogP contribution in [0.4, 0.5) is 0 Å². The molecule has 1 rings (SSSR count). The van der Waals surface area contributed by atoms with Crippen LogP contribution in [-0.4, -0.2) is 12.7 Å². The van der Waals surface area contributed by atoms with Crippen LogP contribution in [0.3, 0.4) is 0 Å². The first kappa shape index (κ1) is 18.4. The summed E-state index contributed by atoms with van der Waals surface area (Å²) in [5, 5.41) is 21.5. The van der Waals surface area contributed by atoms with Gasteiger partial charge in [-0.25, -0.2) is 0 Å². The average molecular weight is 228 g/mol. The van der Waals surface area contributed by atoms with E-state index < -0.39 is 6.04 Å². The summed E-state index contributed by atoms with van der Waals surface area (Å²) in [5.74, 6) is 0. The Kier molecular flexibility index (Phi) is 11.1. The fraction of sp³-hybridized carbons (Fsp3) is 0.333. The largest absolute Gasteiger partial charge is 1.00 e. The van der Waals surface area contributed by atoms with Crippen LogP contribution in [0.2, 0.25) is 0 Å². The Hall–Kier alpha value is 0.985. The minimum atomic E-state index is -2.18. The Morgan fingerprint density at radius 3 is 1.87 bits per heavy atom. The molecule has 2 nitrogen and oxygen atoms in total. The first-order chi connectivity index (χ1) is 6.20. The van der Waals surface area contributed by atoms with E-state index in [0.29, 0.717) is 6.16 Å². The Bertz CT molecular complexity index is 300. The SMILES string of the molecule is [Li+].[Li+].[O-]CP(=S)(C[O-])Cc1ccccc1. The van der Waals surface area contributed by atoms with E-state index in [1.807, 2.05) is 30.3 Å². The summed E-state index contributed by atoms with van der Waals surface area (Å²) in [6, 6.07) is 7.33. The zero-order valence-corrected chi connectivity index (χ0v) is 10.9. The van der Waals surface area contributed by atoms with Crippen LogP contribution in [-0.2, 0) is 18.0 Å². The molecule has 1 aromatic rings. The maximum atomic E-state index is 10.7. The van der Waals surface area contributed by atoms with Crippen LogP contribution in [0, 0.1) is 0 Å². The molecule has 6 heteroatoms. The Balaban J connectivity index is 0. The average Bonchev–Trinajstić information content (AvgIpc) is 2.19. The van der Waals surface area contributed by atoms with E-state index in [0.717, 1.165) is 5.56 Å². The molecule has 0 aromatic heterocycles. The molecule has 0 saturated carbocycles. The summed E-state index contributed by atoms with van der Waals surface area (Å²) in [6.45, 7) is 0. The van der Waals surface area contributed by atoms with Gasteiger partial charge in [0, 0.05) is 0 Å². The normalized spacial score (nSPS) is 10.0. The van der Waals surface area contributed by atoms with Crippen LogP contribution >= 0.6 is 6.04 Å². The van der Waals surface area contributed by atoms with E-state index in [1.54, 1.807) is 0 Å². The fourth-order valence-electron chi connectivity index (χ4n) is 1.04. The minimum absolute atomic E-state index is 0. The smallest absolute Gasteiger partial charge is 0.851 e. The predicted octanol–water partition coefficient (Wildman–Crippen LogP) is -5.69. The van der Waals surface area contributed by atoms with E-state index in [4.69, 9.17) is 11.8 Å². The zero-order chi connectivity index (χ0) is 9.73. The molecular weight excluding hydrogens is 217 g/mol. The van der Waals surface area contributed by atoms with Gasteiger partial charge in [-0.15, -0.1) is 12.7 Å². The molecule has 0 saturated heterocycles. The van der Waals surface area contributed by atoms with Crippen LogP contribution in [0.1, 0.15) is 5.56 Å². The summed E-state index contributed by atoms with van der Waals surface area (Å²) in [7, 11) is 0. The van der Waals surface area contributed by atoms with Gasteiger partial charge in [0.25, 0.3) is 0 Å². The van der Waals surface area contributed by atoms with Crippen molar-refractivity contribution in [3.8, 4) is 0 Å². The molecule has 0 unspecified atom stereocenters. The predicted molar refractivity (Wildman–Crippen MR) is 54.2 cm³/mol. The van der Waals surface area contributed by atoms with E-state index in [-0.39, 0.29) is 50.4 Å². The minimum Gasteiger partial charge on any atom is -0.851 e.